The lowest BCUT2D eigenvalue weighted by Gasteiger charge is -2.12. The number of carboxylic acids is 1. The number of hydrogen-bond acceptors (Lipinski definition) is 2. The van der Waals surface area contributed by atoms with Gasteiger partial charge in [-0.15, -0.1) is 0 Å². The van der Waals surface area contributed by atoms with Gasteiger partial charge in [0.25, 0.3) is 0 Å². The average Bonchev–Trinajstić information content (AvgIpc) is 2.38. The molecule has 2 rings (SSSR count). The van der Waals surface area contributed by atoms with Crippen molar-refractivity contribution in [1.82, 2.24) is 4.98 Å². The predicted octanol–water partition coefficient (Wildman–Crippen LogP) is 3.15. The quantitative estimate of drug-likeness (QED) is 0.920. The van der Waals surface area contributed by atoms with Crippen LogP contribution in [0.25, 0.3) is 0 Å². The van der Waals surface area contributed by atoms with Crippen molar-refractivity contribution in [3.63, 3.8) is 0 Å². The second-order valence-corrected chi connectivity index (χ2v) is 4.44. The Labute approximate surface area is 110 Å². The van der Waals surface area contributed by atoms with Gasteiger partial charge in [-0.2, -0.15) is 0 Å². The van der Waals surface area contributed by atoms with E-state index < -0.39 is 11.9 Å². The lowest BCUT2D eigenvalue weighted by molar-refractivity contribution is -0.138. The highest BCUT2D eigenvalue weighted by atomic mass is 35.5. The standard InChI is InChI=1S/C14H12ClNO2/c15-12-5-3-11(4-6-12)13(14(17)18)8-10-2-1-7-16-9-10/h1-7,9,13H,8H2,(H,17,18)/t13-/m0/s1. The molecule has 0 aliphatic carbocycles. The minimum absolute atomic E-state index is 0.421. The highest BCUT2D eigenvalue weighted by molar-refractivity contribution is 6.30. The topological polar surface area (TPSA) is 50.2 Å². The van der Waals surface area contributed by atoms with Crippen LogP contribution in [0.1, 0.15) is 17.0 Å². The normalized spacial score (nSPS) is 12.1. The second-order valence-electron chi connectivity index (χ2n) is 4.01. The SMILES string of the molecule is O=C(O)[C@@H](Cc1cccnc1)c1ccc(Cl)cc1. The number of carboxylic acid groups (broad SMARTS) is 1. The number of carbonyl (C=O) groups is 1. The molecule has 1 heterocycles. The maximum atomic E-state index is 11.3. The molecule has 18 heavy (non-hydrogen) atoms. The van der Waals surface area contributed by atoms with Crippen LogP contribution >= 0.6 is 11.6 Å². The Morgan fingerprint density at radius 2 is 2.00 bits per heavy atom. The average molecular weight is 262 g/mol. The largest absolute Gasteiger partial charge is 0.481 e. The van der Waals surface area contributed by atoms with Gasteiger partial charge in [0, 0.05) is 17.4 Å². The van der Waals surface area contributed by atoms with Crippen LogP contribution in [-0.4, -0.2) is 16.1 Å². The first-order valence-corrected chi connectivity index (χ1v) is 5.92. The number of aromatic nitrogens is 1. The number of rotatable bonds is 4. The van der Waals surface area contributed by atoms with Gasteiger partial charge in [-0.1, -0.05) is 29.8 Å². The summed E-state index contributed by atoms with van der Waals surface area (Å²) in [6.07, 6.45) is 3.78. The summed E-state index contributed by atoms with van der Waals surface area (Å²) in [5.41, 5.74) is 1.65. The van der Waals surface area contributed by atoms with E-state index in [2.05, 4.69) is 4.98 Å². The molecule has 0 saturated heterocycles. The van der Waals surface area contributed by atoms with Gasteiger partial charge in [0.2, 0.25) is 0 Å². The molecule has 0 spiro atoms. The van der Waals surface area contributed by atoms with Crippen molar-refractivity contribution in [2.24, 2.45) is 0 Å². The summed E-state index contributed by atoms with van der Waals surface area (Å²) in [6.45, 7) is 0. The zero-order valence-electron chi connectivity index (χ0n) is 9.58. The molecule has 4 heteroatoms. The van der Waals surface area contributed by atoms with Crippen molar-refractivity contribution < 1.29 is 9.90 Å². The Morgan fingerprint density at radius 3 is 2.56 bits per heavy atom. The minimum atomic E-state index is -0.846. The van der Waals surface area contributed by atoms with E-state index in [9.17, 15) is 9.90 Å². The Balaban J connectivity index is 2.24. The third-order valence-electron chi connectivity index (χ3n) is 2.73. The molecule has 1 atom stereocenters. The highest BCUT2D eigenvalue weighted by Gasteiger charge is 2.20. The molecule has 0 radical (unpaired) electrons. The molecular weight excluding hydrogens is 250 g/mol. The summed E-state index contributed by atoms with van der Waals surface area (Å²) in [5.74, 6) is -1.42. The fraction of sp³-hybridized carbons (Fsp3) is 0.143. The van der Waals surface area contributed by atoms with E-state index in [-0.39, 0.29) is 0 Å². The molecule has 0 aliphatic rings. The van der Waals surface area contributed by atoms with E-state index in [1.54, 1.807) is 42.7 Å². The molecule has 3 nitrogen and oxygen atoms in total. The van der Waals surface area contributed by atoms with Gasteiger partial charge in [0.1, 0.15) is 0 Å². The molecule has 1 aromatic heterocycles. The molecule has 0 bridgehead atoms. The lowest BCUT2D eigenvalue weighted by Crippen LogP contribution is -2.14. The summed E-state index contributed by atoms with van der Waals surface area (Å²) in [6, 6.07) is 10.6. The van der Waals surface area contributed by atoms with Crippen LogP contribution in [0, 0.1) is 0 Å². The van der Waals surface area contributed by atoms with E-state index >= 15 is 0 Å². The molecule has 0 amide bonds. The van der Waals surface area contributed by atoms with E-state index in [0.29, 0.717) is 11.4 Å². The van der Waals surface area contributed by atoms with Crippen molar-refractivity contribution in [1.29, 1.82) is 0 Å². The zero-order chi connectivity index (χ0) is 13.0. The molecule has 1 N–H and O–H groups in total. The van der Waals surface area contributed by atoms with Crippen LogP contribution in [0.2, 0.25) is 5.02 Å². The van der Waals surface area contributed by atoms with Gasteiger partial charge >= 0.3 is 5.97 Å². The molecule has 92 valence electrons. The Hall–Kier alpha value is -1.87. The van der Waals surface area contributed by atoms with Crippen LogP contribution in [0.4, 0.5) is 0 Å². The zero-order valence-corrected chi connectivity index (χ0v) is 10.3. The van der Waals surface area contributed by atoms with Crippen LogP contribution in [0.15, 0.2) is 48.8 Å². The molecule has 2 aromatic rings. The number of pyridine rings is 1. The summed E-state index contributed by atoms with van der Waals surface area (Å²) >= 11 is 5.80. The van der Waals surface area contributed by atoms with Gasteiger partial charge in [-0.05, 0) is 35.7 Å². The predicted molar refractivity (Wildman–Crippen MR) is 69.8 cm³/mol. The number of nitrogens with zero attached hydrogens (tertiary/aromatic N) is 1. The van der Waals surface area contributed by atoms with Gasteiger partial charge < -0.3 is 5.11 Å². The number of halogens is 1. The first-order valence-electron chi connectivity index (χ1n) is 5.54. The van der Waals surface area contributed by atoms with E-state index in [0.717, 1.165) is 11.1 Å². The summed E-state index contributed by atoms with van der Waals surface area (Å²) < 4.78 is 0. The molecule has 0 unspecified atom stereocenters. The van der Waals surface area contributed by atoms with Crippen molar-refractivity contribution in [3.8, 4) is 0 Å². The van der Waals surface area contributed by atoms with Crippen molar-refractivity contribution in [2.75, 3.05) is 0 Å². The first-order chi connectivity index (χ1) is 8.66. The lowest BCUT2D eigenvalue weighted by atomic mass is 9.93. The van der Waals surface area contributed by atoms with E-state index in [1.807, 2.05) is 6.07 Å². The number of benzene rings is 1. The van der Waals surface area contributed by atoms with Crippen LogP contribution in [0.5, 0.6) is 0 Å². The summed E-state index contributed by atoms with van der Waals surface area (Å²) in [4.78, 5) is 15.3. The van der Waals surface area contributed by atoms with Crippen molar-refractivity contribution in [2.45, 2.75) is 12.3 Å². The van der Waals surface area contributed by atoms with Crippen LogP contribution < -0.4 is 0 Å². The molecule has 0 fully saturated rings. The molecular formula is C14H12ClNO2. The monoisotopic (exact) mass is 261 g/mol. The maximum Gasteiger partial charge on any atom is 0.311 e. The summed E-state index contributed by atoms with van der Waals surface area (Å²) in [7, 11) is 0. The van der Waals surface area contributed by atoms with Crippen LogP contribution in [0.3, 0.4) is 0 Å². The Bertz CT molecular complexity index is 525. The fourth-order valence-electron chi connectivity index (χ4n) is 1.80. The molecule has 0 aliphatic heterocycles. The highest BCUT2D eigenvalue weighted by Crippen LogP contribution is 2.22. The number of aliphatic carboxylic acids is 1. The van der Waals surface area contributed by atoms with Gasteiger partial charge in [0.05, 0.1) is 5.92 Å². The third kappa shape index (κ3) is 3.08. The molecule has 0 saturated carbocycles. The third-order valence-corrected chi connectivity index (χ3v) is 2.99. The first kappa shape index (κ1) is 12.6. The van der Waals surface area contributed by atoms with E-state index in [1.165, 1.54) is 0 Å². The smallest absolute Gasteiger partial charge is 0.311 e. The Morgan fingerprint density at radius 1 is 1.28 bits per heavy atom. The van der Waals surface area contributed by atoms with Gasteiger partial charge in [-0.25, -0.2) is 0 Å². The van der Waals surface area contributed by atoms with E-state index in [4.69, 9.17) is 11.6 Å². The maximum absolute atomic E-state index is 11.3. The van der Waals surface area contributed by atoms with Gasteiger partial charge in [-0.3, -0.25) is 9.78 Å². The Kier molecular flexibility index (Phi) is 3.95. The molecule has 1 aromatic carbocycles. The summed E-state index contributed by atoms with van der Waals surface area (Å²) in [5, 5.41) is 9.91. The second kappa shape index (κ2) is 5.65. The number of hydrogen-bond donors (Lipinski definition) is 1. The van der Waals surface area contributed by atoms with Crippen molar-refractivity contribution in [3.05, 3.63) is 64.9 Å². The van der Waals surface area contributed by atoms with Gasteiger partial charge in [0.15, 0.2) is 0 Å². The van der Waals surface area contributed by atoms with Crippen molar-refractivity contribution >= 4 is 17.6 Å². The van der Waals surface area contributed by atoms with Crippen LogP contribution in [-0.2, 0) is 11.2 Å². The fourth-order valence-corrected chi connectivity index (χ4v) is 1.92. The minimum Gasteiger partial charge on any atom is -0.481 e.